The molecule has 8 atom stereocenters. The van der Waals surface area contributed by atoms with Gasteiger partial charge in [-0.15, -0.1) is 0 Å². The number of Topliss-reactive ketones (excluding diaryl/α,β-unsaturated/α-hetero) is 2. The summed E-state index contributed by atoms with van der Waals surface area (Å²) < 4.78 is 11.0. The molecule has 6 rings (SSSR count). The van der Waals surface area contributed by atoms with Crippen molar-refractivity contribution in [3.05, 3.63) is 108 Å². The van der Waals surface area contributed by atoms with Crippen LogP contribution in [0.3, 0.4) is 0 Å². The van der Waals surface area contributed by atoms with Crippen molar-refractivity contribution in [1.29, 1.82) is 0 Å². The van der Waals surface area contributed by atoms with E-state index in [9.17, 15) is 19.5 Å². The predicted octanol–water partition coefficient (Wildman–Crippen LogP) is 4.51. The van der Waals surface area contributed by atoms with Gasteiger partial charge < -0.3 is 25.6 Å². The third-order valence-corrected chi connectivity index (χ3v) is 10.9. The second kappa shape index (κ2) is 17.0. The van der Waals surface area contributed by atoms with E-state index in [0.29, 0.717) is 19.6 Å². The number of aliphatic hydroxyl groups excluding tert-OH is 1. The second-order valence-electron chi connectivity index (χ2n) is 15.3. The van der Waals surface area contributed by atoms with Crippen molar-refractivity contribution >= 4 is 36.0 Å². The first-order valence-corrected chi connectivity index (χ1v) is 18.8. The first-order valence-electron chi connectivity index (χ1n) is 18.8. The van der Waals surface area contributed by atoms with E-state index in [1.54, 1.807) is 0 Å². The molecule has 3 aliphatic rings. The van der Waals surface area contributed by atoms with E-state index in [-0.39, 0.29) is 49.6 Å². The van der Waals surface area contributed by atoms with Crippen LogP contribution in [0.25, 0.3) is 0 Å². The lowest BCUT2D eigenvalue weighted by atomic mass is 9.67. The summed E-state index contributed by atoms with van der Waals surface area (Å²) in [7, 11) is 0. The number of nitrogens with two attached hydrogens (primary N) is 1. The molecule has 0 bridgehead atoms. The number of ether oxygens (including phenoxy) is 2. The molecule has 0 aliphatic carbocycles. The first-order chi connectivity index (χ1) is 26.0. The van der Waals surface area contributed by atoms with E-state index in [1.165, 1.54) is 12.4 Å². The van der Waals surface area contributed by atoms with E-state index < -0.39 is 59.1 Å². The maximum Gasteiger partial charge on any atom is 0.407 e. The van der Waals surface area contributed by atoms with E-state index in [4.69, 9.17) is 25.2 Å². The molecule has 54 heavy (non-hydrogen) atoms. The lowest BCUT2D eigenvalue weighted by Crippen LogP contribution is -2.55. The number of ketones is 2. The van der Waals surface area contributed by atoms with Crippen LogP contribution in [0.1, 0.15) is 49.8 Å². The maximum atomic E-state index is 15.1. The van der Waals surface area contributed by atoms with Crippen molar-refractivity contribution < 1.29 is 33.8 Å². The predicted molar refractivity (Wildman–Crippen MR) is 205 cm³/mol. The summed E-state index contributed by atoms with van der Waals surface area (Å²) in [5.41, 5.74) is 5.47. The number of alkyl carbamates (subject to hydrolysis) is 1. The Labute approximate surface area is 316 Å². The van der Waals surface area contributed by atoms with Crippen LogP contribution in [0, 0.1) is 23.7 Å². The van der Waals surface area contributed by atoms with Gasteiger partial charge in [0, 0.05) is 31.7 Å². The fourth-order valence-electron chi connectivity index (χ4n) is 8.18. The van der Waals surface area contributed by atoms with Crippen molar-refractivity contribution in [3.63, 3.8) is 0 Å². The Morgan fingerprint density at radius 1 is 0.870 bits per heavy atom. The molecule has 3 aliphatic heterocycles. The molecule has 4 N–H and O–H groups in total. The molecule has 3 aromatic rings. The number of nitrogens with zero attached hydrogens (tertiary/aromatic N) is 2. The largest absolute Gasteiger partial charge is 0.444 e. The average Bonchev–Trinajstić information content (AvgIpc) is 3.86. The molecule has 1 fully saturated rings. The van der Waals surface area contributed by atoms with E-state index in [1.807, 2.05) is 105 Å². The smallest absolute Gasteiger partial charge is 0.407 e. The Hall–Kier alpha value is -5.00. The van der Waals surface area contributed by atoms with Gasteiger partial charge >= 0.3 is 6.09 Å². The SMILES string of the molecule is CC(C)C[C@@]1(C2C=N[C@@](Cc3ccccc3)(C[C@H](O)[C@H](Cc3ccccc3)NC(=O)O[C@H]3CCOC3)C2=O)N=CC([C@@H](Cc2ccccc2)C(N)=O)C1=O. The Morgan fingerprint density at radius 3 is 2.06 bits per heavy atom. The monoisotopic (exact) mass is 734 g/mol. The third-order valence-electron chi connectivity index (χ3n) is 10.9. The van der Waals surface area contributed by atoms with E-state index >= 15 is 4.79 Å². The highest BCUT2D eigenvalue weighted by atomic mass is 16.6. The van der Waals surface area contributed by atoms with Gasteiger partial charge in [0.2, 0.25) is 5.91 Å². The van der Waals surface area contributed by atoms with Gasteiger partial charge in [0.25, 0.3) is 0 Å². The minimum absolute atomic E-state index is 0.0438. The molecular weight excluding hydrogens is 684 g/mol. The zero-order valence-electron chi connectivity index (χ0n) is 30.9. The number of rotatable bonds is 16. The van der Waals surface area contributed by atoms with Gasteiger partial charge in [-0.25, -0.2) is 4.79 Å². The summed E-state index contributed by atoms with van der Waals surface area (Å²) >= 11 is 0. The molecule has 284 valence electrons. The van der Waals surface area contributed by atoms with Crippen molar-refractivity contribution in [1.82, 2.24) is 5.32 Å². The number of hydrogen-bond acceptors (Lipinski definition) is 9. The minimum atomic E-state index is -1.51. The summed E-state index contributed by atoms with van der Waals surface area (Å²) in [6, 6.07) is 27.4. The zero-order valence-corrected chi connectivity index (χ0v) is 30.9. The molecule has 11 nitrogen and oxygen atoms in total. The van der Waals surface area contributed by atoms with Gasteiger partial charge in [-0.3, -0.25) is 24.4 Å². The molecule has 0 spiro atoms. The van der Waals surface area contributed by atoms with Crippen molar-refractivity contribution in [2.45, 2.75) is 81.7 Å². The highest BCUT2D eigenvalue weighted by Crippen LogP contribution is 2.45. The van der Waals surface area contributed by atoms with Gasteiger partial charge in [0.1, 0.15) is 17.2 Å². The summed E-state index contributed by atoms with van der Waals surface area (Å²) in [4.78, 5) is 65.7. The number of primary amides is 1. The van der Waals surface area contributed by atoms with Crippen LogP contribution in [0.2, 0.25) is 0 Å². The van der Waals surface area contributed by atoms with Gasteiger partial charge in [-0.1, -0.05) is 105 Å². The molecule has 1 saturated heterocycles. The van der Waals surface area contributed by atoms with E-state index in [2.05, 4.69) is 5.32 Å². The fraction of sp³-hybridized carbons (Fsp3) is 0.442. The molecule has 3 aromatic carbocycles. The molecule has 3 heterocycles. The van der Waals surface area contributed by atoms with Gasteiger partial charge in [-0.2, -0.15) is 0 Å². The van der Waals surface area contributed by atoms with Gasteiger partial charge in [-0.05, 0) is 41.9 Å². The van der Waals surface area contributed by atoms with Crippen LogP contribution in [0.5, 0.6) is 0 Å². The second-order valence-corrected chi connectivity index (χ2v) is 15.3. The molecular formula is C43H50N4O7. The van der Waals surface area contributed by atoms with Gasteiger partial charge in [0.15, 0.2) is 11.6 Å². The minimum Gasteiger partial charge on any atom is -0.444 e. The number of hydrogen-bond donors (Lipinski definition) is 3. The van der Waals surface area contributed by atoms with Crippen LogP contribution in [-0.2, 0) is 43.1 Å². The molecule has 0 saturated carbocycles. The summed E-state index contributed by atoms with van der Waals surface area (Å²) in [6.45, 7) is 4.72. The molecule has 2 amide bonds. The maximum absolute atomic E-state index is 15.1. The Kier molecular flexibility index (Phi) is 12.2. The molecule has 11 heteroatoms. The highest BCUT2D eigenvalue weighted by Gasteiger charge is 2.61. The Balaban J connectivity index is 1.31. The van der Waals surface area contributed by atoms with Crippen LogP contribution >= 0.6 is 0 Å². The number of amides is 2. The highest BCUT2D eigenvalue weighted by molar-refractivity contribution is 6.17. The summed E-state index contributed by atoms with van der Waals surface area (Å²) in [6.07, 6.45) is 2.06. The Bertz CT molecular complexity index is 1830. The summed E-state index contributed by atoms with van der Waals surface area (Å²) in [5, 5.41) is 14.9. The number of aliphatic imine (C=N–C) groups is 2. The van der Waals surface area contributed by atoms with Gasteiger partial charge in [0.05, 0.1) is 43.1 Å². The van der Waals surface area contributed by atoms with Crippen LogP contribution in [0.15, 0.2) is 101 Å². The van der Waals surface area contributed by atoms with Crippen molar-refractivity contribution in [3.8, 4) is 0 Å². The van der Waals surface area contributed by atoms with Crippen molar-refractivity contribution in [2.24, 2.45) is 39.4 Å². The normalized spacial score (nSPS) is 26.6. The number of nitrogens with one attached hydrogen (secondary N) is 1. The lowest BCUT2D eigenvalue weighted by molar-refractivity contribution is -0.136. The van der Waals surface area contributed by atoms with Crippen LogP contribution in [-0.4, -0.2) is 83.6 Å². The van der Waals surface area contributed by atoms with Crippen LogP contribution in [0.4, 0.5) is 4.79 Å². The summed E-state index contributed by atoms with van der Waals surface area (Å²) in [5.74, 6) is -4.18. The van der Waals surface area contributed by atoms with Crippen molar-refractivity contribution in [2.75, 3.05) is 13.2 Å². The average molecular weight is 735 g/mol. The zero-order chi connectivity index (χ0) is 38.3. The standard InChI is InChI=1S/C43H50N4O7/c1-28(2)22-43(38(49)34(25-46-43)33(40(44)51)20-29-12-6-3-7-13-29)35-26-45-42(39(35)50,23-31-16-10-5-11-17-31)24-37(48)36(21-30-14-8-4-9-15-30)47-41(52)54-32-18-19-53-27-32/h3-17,25-26,28,32-37,48H,18-24,27H2,1-2H3,(H2,44,51)(H,47,52)/t32-,33+,34?,35?,36-,37-,42-,43-/m0/s1. The molecule has 0 aromatic heterocycles. The number of benzene rings is 3. The third kappa shape index (κ3) is 8.69. The van der Waals surface area contributed by atoms with Crippen LogP contribution < -0.4 is 11.1 Å². The molecule has 0 radical (unpaired) electrons. The van der Waals surface area contributed by atoms with E-state index in [0.717, 1.165) is 16.7 Å². The fourth-order valence-corrected chi connectivity index (χ4v) is 8.18. The lowest BCUT2D eigenvalue weighted by Gasteiger charge is -2.36. The first kappa shape index (κ1) is 38.7. The quantitative estimate of drug-likeness (QED) is 0.195. The number of aliphatic hydroxyl groups is 1. The molecule has 2 unspecified atom stereocenters. The Morgan fingerprint density at radius 2 is 1.48 bits per heavy atom. The number of carbonyl (C=O) groups excluding carboxylic acids is 4. The number of carbonyl (C=O) groups is 4. The topological polar surface area (TPSA) is 170 Å².